The third-order valence-corrected chi connectivity index (χ3v) is 6.46. The minimum atomic E-state index is -1.12. The Hall–Kier alpha value is -3.13. The third kappa shape index (κ3) is 5.76. The summed E-state index contributed by atoms with van der Waals surface area (Å²) in [7, 11) is 0. The zero-order valence-corrected chi connectivity index (χ0v) is 18.8. The van der Waals surface area contributed by atoms with E-state index in [4.69, 9.17) is 0 Å². The Kier molecular flexibility index (Phi) is 7.69. The van der Waals surface area contributed by atoms with Gasteiger partial charge in [-0.1, -0.05) is 66.4 Å². The van der Waals surface area contributed by atoms with Crippen molar-refractivity contribution < 1.29 is 24.3 Å². The first-order valence-corrected chi connectivity index (χ1v) is 11.3. The Bertz CT molecular complexity index is 1010. The summed E-state index contributed by atoms with van der Waals surface area (Å²) in [5.41, 5.74) is 2.64. The summed E-state index contributed by atoms with van der Waals surface area (Å²) in [5, 5.41) is 11.2. The molecule has 0 saturated heterocycles. The highest BCUT2D eigenvalue weighted by Gasteiger charge is 2.36. The first-order valence-electron chi connectivity index (χ1n) is 10.4. The Morgan fingerprint density at radius 2 is 1.78 bits per heavy atom. The summed E-state index contributed by atoms with van der Waals surface area (Å²) in [6.07, 6.45) is 0.591. The van der Waals surface area contributed by atoms with E-state index in [-0.39, 0.29) is 11.5 Å². The van der Waals surface area contributed by atoms with Crippen LogP contribution in [0.1, 0.15) is 36.6 Å². The minimum Gasteiger partial charge on any atom is -0.480 e. The van der Waals surface area contributed by atoms with Crippen LogP contribution in [0.5, 0.6) is 0 Å². The molecule has 3 atom stereocenters. The predicted octanol–water partition coefficient (Wildman–Crippen LogP) is 2.59. The first kappa shape index (κ1) is 23.5. The molecule has 1 aliphatic heterocycles. The molecule has 2 aromatic carbocycles. The quantitative estimate of drug-likeness (QED) is 0.667. The normalized spacial score (nSPS) is 18.9. The molecule has 0 bridgehead atoms. The highest BCUT2D eigenvalue weighted by molar-refractivity contribution is 8.14. The maximum atomic E-state index is 13.3. The SMILES string of the molecule is CC(=O)S[C@@H](Cc1ccccc1)C(=O)NC1Cc2ccccc2C(C)N(CC(=O)O)C1=O. The lowest BCUT2D eigenvalue weighted by Gasteiger charge is -2.29. The molecule has 0 fully saturated rings. The number of hydrogen-bond donors (Lipinski definition) is 2. The van der Waals surface area contributed by atoms with Crippen molar-refractivity contribution in [2.24, 2.45) is 0 Å². The van der Waals surface area contributed by atoms with E-state index in [9.17, 15) is 24.3 Å². The average molecular weight is 455 g/mol. The molecule has 2 unspecified atom stereocenters. The summed E-state index contributed by atoms with van der Waals surface area (Å²) in [6, 6.07) is 15.4. The van der Waals surface area contributed by atoms with Crippen LogP contribution in [-0.4, -0.2) is 50.7 Å². The van der Waals surface area contributed by atoms with E-state index in [1.54, 1.807) is 6.92 Å². The van der Waals surface area contributed by atoms with E-state index < -0.39 is 41.7 Å². The van der Waals surface area contributed by atoms with Crippen LogP contribution in [0.4, 0.5) is 0 Å². The molecule has 0 radical (unpaired) electrons. The van der Waals surface area contributed by atoms with Crippen molar-refractivity contribution in [1.82, 2.24) is 10.2 Å². The lowest BCUT2D eigenvalue weighted by atomic mass is 9.98. The number of nitrogens with zero attached hydrogens (tertiary/aromatic N) is 1. The summed E-state index contributed by atoms with van der Waals surface area (Å²) in [6.45, 7) is 2.73. The number of carbonyl (C=O) groups is 4. The van der Waals surface area contributed by atoms with Gasteiger partial charge in [0.2, 0.25) is 11.8 Å². The molecule has 32 heavy (non-hydrogen) atoms. The second-order valence-electron chi connectivity index (χ2n) is 7.79. The maximum Gasteiger partial charge on any atom is 0.323 e. The summed E-state index contributed by atoms with van der Waals surface area (Å²) >= 11 is 0.925. The number of aliphatic carboxylic acids is 1. The first-order chi connectivity index (χ1) is 15.3. The monoisotopic (exact) mass is 454 g/mol. The number of carbonyl (C=O) groups excluding carboxylic acids is 3. The molecule has 2 N–H and O–H groups in total. The van der Waals surface area contributed by atoms with Crippen molar-refractivity contribution in [3.8, 4) is 0 Å². The van der Waals surface area contributed by atoms with Gasteiger partial charge in [-0.05, 0) is 30.0 Å². The fourth-order valence-electron chi connectivity index (χ4n) is 3.95. The zero-order chi connectivity index (χ0) is 23.3. The fourth-order valence-corrected chi connectivity index (χ4v) is 4.80. The summed E-state index contributed by atoms with van der Waals surface area (Å²) in [4.78, 5) is 50.9. The number of rotatable bonds is 7. The standard InChI is InChI=1S/C24H26N2O5S/c1-15-19-11-7-6-10-18(19)13-20(24(31)26(15)14-22(28)29)25-23(30)21(32-16(2)27)12-17-8-4-3-5-9-17/h3-11,15,20-21H,12-14H2,1-2H3,(H,25,30)(H,28,29)/t15?,20?,21-/m0/s1. The maximum absolute atomic E-state index is 13.3. The van der Waals surface area contributed by atoms with Gasteiger partial charge in [-0.15, -0.1) is 0 Å². The van der Waals surface area contributed by atoms with Crippen molar-refractivity contribution >= 4 is 34.7 Å². The predicted molar refractivity (Wildman–Crippen MR) is 122 cm³/mol. The molecule has 7 nitrogen and oxygen atoms in total. The molecule has 0 aliphatic carbocycles. The van der Waals surface area contributed by atoms with Crippen LogP contribution in [0.15, 0.2) is 54.6 Å². The van der Waals surface area contributed by atoms with Crippen LogP contribution in [0.2, 0.25) is 0 Å². The molecule has 3 rings (SSSR count). The highest BCUT2D eigenvalue weighted by atomic mass is 32.2. The molecule has 0 spiro atoms. The van der Waals surface area contributed by atoms with Crippen LogP contribution >= 0.6 is 11.8 Å². The van der Waals surface area contributed by atoms with Crippen molar-refractivity contribution in [1.29, 1.82) is 0 Å². The van der Waals surface area contributed by atoms with Gasteiger partial charge in [0.15, 0.2) is 5.12 Å². The highest BCUT2D eigenvalue weighted by Crippen LogP contribution is 2.29. The van der Waals surface area contributed by atoms with Gasteiger partial charge in [-0.2, -0.15) is 0 Å². The number of amides is 2. The minimum absolute atomic E-state index is 0.195. The largest absolute Gasteiger partial charge is 0.480 e. The van der Waals surface area contributed by atoms with Gasteiger partial charge >= 0.3 is 5.97 Å². The van der Waals surface area contributed by atoms with Gasteiger partial charge in [0.1, 0.15) is 12.6 Å². The Morgan fingerprint density at radius 3 is 2.44 bits per heavy atom. The van der Waals surface area contributed by atoms with Gasteiger partial charge in [-0.3, -0.25) is 19.2 Å². The molecule has 1 heterocycles. The van der Waals surface area contributed by atoms with E-state index >= 15 is 0 Å². The molecule has 2 amide bonds. The molecular weight excluding hydrogens is 428 g/mol. The molecule has 0 saturated carbocycles. The van der Waals surface area contributed by atoms with E-state index in [2.05, 4.69) is 5.32 Å². The molecule has 0 aromatic heterocycles. The lowest BCUT2D eigenvalue weighted by molar-refractivity contribution is -0.147. The number of carboxylic acids is 1. The van der Waals surface area contributed by atoms with E-state index in [0.717, 1.165) is 28.5 Å². The van der Waals surface area contributed by atoms with E-state index in [0.29, 0.717) is 6.42 Å². The molecular formula is C24H26N2O5S. The van der Waals surface area contributed by atoms with Crippen molar-refractivity contribution in [3.63, 3.8) is 0 Å². The zero-order valence-electron chi connectivity index (χ0n) is 18.0. The Balaban J connectivity index is 1.86. The number of carboxylic acid groups (broad SMARTS) is 1. The van der Waals surface area contributed by atoms with Crippen LogP contribution < -0.4 is 5.32 Å². The van der Waals surface area contributed by atoms with Crippen LogP contribution in [0.3, 0.4) is 0 Å². The van der Waals surface area contributed by atoms with Crippen LogP contribution in [0.25, 0.3) is 0 Å². The number of thioether (sulfide) groups is 1. The van der Waals surface area contributed by atoms with Crippen molar-refractivity contribution in [3.05, 3.63) is 71.3 Å². The topological polar surface area (TPSA) is 104 Å². The van der Waals surface area contributed by atoms with Crippen LogP contribution in [-0.2, 0) is 32.0 Å². The second-order valence-corrected chi connectivity index (χ2v) is 9.17. The fraction of sp³-hybridized carbons (Fsp3) is 0.333. The van der Waals surface area contributed by atoms with E-state index in [1.165, 1.54) is 11.8 Å². The smallest absolute Gasteiger partial charge is 0.323 e. The average Bonchev–Trinajstić information content (AvgIpc) is 2.84. The van der Waals surface area contributed by atoms with Gasteiger partial charge in [0, 0.05) is 13.3 Å². The van der Waals surface area contributed by atoms with Crippen molar-refractivity contribution in [2.45, 2.75) is 44.0 Å². The van der Waals surface area contributed by atoms with Crippen LogP contribution in [0, 0.1) is 0 Å². The van der Waals surface area contributed by atoms with Gasteiger partial charge in [-0.25, -0.2) is 0 Å². The van der Waals surface area contributed by atoms with Crippen molar-refractivity contribution in [2.75, 3.05) is 6.54 Å². The molecule has 1 aliphatic rings. The van der Waals surface area contributed by atoms with Gasteiger partial charge < -0.3 is 15.3 Å². The van der Waals surface area contributed by atoms with E-state index in [1.807, 2.05) is 54.6 Å². The summed E-state index contributed by atoms with van der Waals surface area (Å²) < 4.78 is 0. The number of nitrogens with one attached hydrogen (secondary N) is 1. The number of hydrogen-bond acceptors (Lipinski definition) is 5. The number of fused-ring (bicyclic) bond motifs is 1. The molecule has 2 aromatic rings. The molecule has 8 heteroatoms. The Labute approximate surface area is 191 Å². The lowest BCUT2D eigenvalue weighted by Crippen LogP contribution is -2.52. The summed E-state index contributed by atoms with van der Waals surface area (Å²) in [5.74, 6) is -1.99. The Morgan fingerprint density at radius 1 is 1.12 bits per heavy atom. The van der Waals surface area contributed by atoms with Gasteiger partial charge in [0.25, 0.3) is 0 Å². The number of benzene rings is 2. The van der Waals surface area contributed by atoms with Gasteiger partial charge in [0.05, 0.1) is 11.3 Å². The molecule has 168 valence electrons. The second kappa shape index (κ2) is 10.5. The third-order valence-electron chi connectivity index (χ3n) is 5.46.